The first-order chi connectivity index (χ1) is 12.5. The minimum absolute atomic E-state index is 0.0130. The van der Waals surface area contributed by atoms with Gasteiger partial charge in [-0.25, -0.2) is 0 Å². The Morgan fingerprint density at radius 3 is 2.42 bits per heavy atom. The van der Waals surface area contributed by atoms with Gasteiger partial charge in [-0.2, -0.15) is 0 Å². The number of para-hydroxylation sites is 1. The monoisotopic (exact) mass is 358 g/mol. The van der Waals surface area contributed by atoms with Gasteiger partial charge in [-0.1, -0.05) is 18.2 Å². The van der Waals surface area contributed by atoms with Crippen LogP contribution in [0.25, 0.3) is 0 Å². The summed E-state index contributed by atoms with van der Waals surface area (Å²) in [5, 5.41) is 24.0. The third kappa shape index (κ3) is 4.57. The average Bonchev–Trinajstić information content (AvgIpc) is 2.67. The zero-order valence-electron chi connectivity index (χ0n) is 14.5. The molecule has 2 aromatic rings. The van der Waals surface area contributed by atoms with E-state index in [0.717, 1.165) is 0 Å². The fourth-order valence-corrected chi connectivity index (χ4v) is 2.48. The van der Waals surface area contributed by atoms with Crippen LogP contribution in [0.3, 0.4) is 0 Å². The summed E-state index contributed by atoms with van der Waals surface area (Å²) in [6.07, 6.45) is 0.0130. The first-order valence-electron chi connectivity index (χ1n) is 7.94. The molecule has 138 valence electrons. The molecule has 0 spiro atoms. The van der Waals surface area contributed by atoms with Crippen LogP contribution in [0.15, 0.2) is 48.5 Å². The number of carbonyl (C=O) groups is 2. The molecule has 0 unspecified atom stereocenters. The summed E-state index contributed by atoms with van der Waals surface area (Å²) in [6, 6.07) is 13.1. The van der Waals surface area contributed by atoms with Crippen molar-refractivity contribution < 1.29 is 19.6 Å². The lowest BCUT2D eigenvalue weighted by atomic mass is 10.1. The fraction of sp³-hybridized carbons (Fsp3) is 0.222. The summed E-state index contributed by atoms with van der Waals surface area (Å²) < 4.78 is 4.63. The number of carbonyl (C=O) groups excluding carboxylic acids is 2. The molecule has 0 saturated heterocycles. The molecule has 2 aromatic carbocycles. The molecule has 2 rings (SSSR count). The van der Waals surface area contributed by atoms with Crippen LogP contribution in [0.2, 0.25) is 0 Å². The maximum absolute atomic E-state index is 13.0. The van der Waals surface area contributed by atoms with Gasteiger partial charge in [0, 0.05) is 30.9 Å². The summed E-state index contributed by atoms with van der Waals surface area (Å²) in [5.41, 5.74) is 1.01. The molecule has 8 nitrogen and oxygen atoms in total. The van der Waals surface area contributed by atoms with E-state index in [1.807, 2.05) is 6.07 Å². The smallest absolute Gasteiger partial charge is 0.307 e. The Morgan fingerprint density at radius 2 is 1.85 bits per heavy atom. The number of quaternary nitrogens is 1. The maximum atomic E-state index is 13.0. The Balaban J connectivity index is 2.36. The predicted molar refractivity (Wildman–Crippen MR) is 98.1 cm³/mol. The second-order valence-electron chi connectivity index (χ2n) is 5.42. The molecule has 0 bridgehead atoms. The Labute approximate surface area is 151 Å². The minimum atomic E-state index is -1.38. The summed E-state index contributed by atoms with van der Waals surface area (Å²) in [4.78, 5) is 25.8. The largest absolute Gasteiger partial charge is 0.628 e. The van der Waals surface area contributed by atoms with Crippen LogP contribution < -0.4 is 15.4 Å². The molecule has 0 aliphatic rings. The number of nitrogens with one attached hydrogen (secondary N) is 2. The van der Waals surface area contributed by atoms with Crippen molar-refractivity contribution in [3.05, 3.63) is 64.5 Å². The summed E-state index contributed by atoms with van der Waals surface area (Å²) in [7, 11) is 2.86. The third-order valence-corrected chi connectivity index (χ3v) is 3.84. The van der Waals surface area contributed by atoms with Gasteiger partial charge in [0.1, 0.15) is 0 Å². The molecular formula is C18H20N3O5-. The molecule has 2 N–H and O–H groups in total. The highest BCUT2D eigenvalue weighted by Crippen LogP contribution is 2.23. The lowest BCUT2D eigenvalue weighted by Crippen LogP contribution is -2.96. The van der Waals surface area contributed by atoms with Crippen LogP contribution in [-0.4, -0.2) is 32.6 Å². The number of nitrogens with zero attached hydrogens (tertiary/aromatic N) is 1. The molecule has 1 amide bonds. The van der Waals surface area contributed by atoms with Crippen molar-refractivity contribution in [3.8, 4) is 0 Å². The number of ether oxygens (including phenoxy) is 1. The number of esters is 1. The Kier molecular flexibility index (Phi) is 6.67. The van der Waals surface area contributed by atoms with Crippen LogP contribution in [0.5, 0.6) is 0 Å². The SMILES string of the molecule is CNc1ccc(C(=O)N(CCC(=O)OC)c2ccccc2)cc1[NH+]([O-])[O-]. The van der Waals surface area contributed by atoms with Gasteiger partial charge in [0.25, 0.3) is 5.91 Å². The standard InChI is InChI=1S/C18H20N3O5/c1-19-15-9-8-13(12-16(15)21(24)25)18(23)20(11-10-17(22)26-2)14-6-4-3-5-7-14/h3-9,12,19,21H,10-11H2,1-2H3/q-1. The lowest BCUT2D eigenvalue weighted by molar-refractivity contribution is -0.714. The van der Waals surface area contributed by atoms with Crippen molar-refractivity contribution in [3.63, 3.8) is 0 Å². The van der Waals surface area contributed by atoms with Crippen molar-refractivity contribution in [2.45, 2.75) is 6.42 Å². The van der Waals surface area contributed by atoms with E-state index in [9.17, 15) is 20.0 Å². The van der Waals surface area contributed by atoms with E-state index >= 15 is 0 Å². The van der Waals surface area contributed by atoms with E-state index in [-0.39, 0.29) is 24.2 Å². The normalized spacial score (nSPS) is 10.5. The topological polar surface area (TPSA) is 109 Å². The molecule has 26 heavy (non-hydrogen) atoms. The Bertz CT molecular complexity index is 765. The predicted octanol–water partition coefficient (Wildman–Crippen LogP) is 1.45. The molecule has 0 radical (unpaired) electrons. The Morgan fingerprint density at radius 1 is 1.15 bits per heavy atom. The lowest BCUT2D eigenvalue weighted by Gasteiger charge is -2.28. The zero-order chi connectivity index (χ0) is 19.1. The molecule has 0 aliphatic heterocycles. The minimum Gasteiger partial charge on any atom is -0.628 e. The van der Waals surface area contributed by atoms with Crippen LogP contribution in [-0.2, 0) is 9.53 Å². The van der Waals surface area contributed by atoms with E-state index in [1.165, 1.54) is 30.2 Å². The summed E-state index contributed by atoms with van der Waals surface area (Å²) in [5.74, 6) is -0.870. The highest BCUT2D eigenvalue weighted by molar-refractivity contribution is 6.07. The van der Waals surface area contributed by atoms with E-state index < -0.39 is 17.1 Å². The molecular weight excluding hydrogens is 338 g/mol. The van der Waals surface area contributed by atoms with Crippen LogP contribution in [0.4, 0.5) is 17.1 Å². The first kappa shape index (κ1) is 19.4. The number of amides is 1. The molecule has 0 aromatic heterocycles. The van der Waals surface area contributed by atoms with E-state index in [1.54, 1.807) is 31.3 Å². The average molecular weight is 358 g/mol. The number of benzene rings is 2. The quantitative estimate of drug-likeness (QED) is 0.573. The van der Waals surface area contributed by atoms with Gasteiger partial charge >= 0.3 is 5.97 Å². The van der Waals surface area contributed by atoms with Crippen LogP contribution in [0, 0.1) is 10.4 Å². The molecule has 0 heterocycles. The van der Waals surface area contributed by atoms with Crippen molar-refractivity contribution in [2.75, 3.05) is 30.9 Å². The van der Waals surface area contributed by atoms with Crippen molar-refractivity contribution in [2.24, 2.45) is 0 Å². The molecule has 8 heteroatoms. The second kappa shape index (κ2) is 8.95. The number of hydrogen-bond donors (Lipinski definition) is 2. The van der Waals surface area contributed by atoms with Gasteiger partial charge in [0.2, 0.25) is 0 Å². The van der Waals surface area contributed by atoms with E-state index in [0.29, 0.717) is 11.4 Å². The summed E-state index contributed by atoms with van der Waals surface area (Å²) >= 11 is 0. The number of hydrogen-bond acceptors (Lipinski definition) is 6. The van der Waals surface area contributed by atoms with Gasteiger partial charge in [0.05, 0.1) is 19.2 Å². The van der Waals surface area contributed by atoms with Crippen molar-refractivity contribution in [1.29, 1.82) is 0 Å². The van der Waals surface area contributed by atoms with Crippen molar-refractivity contribution >= 4 is 28.9 Å². The van der Waals surface area contributed by atoms with Crippen LogP contribution in [0.1, 0.15) is 16.8 Å². The second-order valence-corrected chi connectivity index (χ2v) is 5.42. The third-order valence-electron chi connectivity index (χ3n) is 3.84. The van der Waals surface area contributed by atoms with E-state index in [2.05, 4.69) is 10.1 Å². The fourth-order valence-electron chi connectivity index (χ4n) is 2.48. The van der Waals surface area contributed by atoms with Gasteiger partial charge in [-0.3, -0.25) is 9.59 Å². The van der Waals surface area contributed by atoms with Gasteiger partial charge in [-0.15, -0.1) is 0 Å². The van der Waals surface area contributed by atoms with Gasteiger partial charge < -0.3 is 30.6 Å². The highest BCUT2D eigenvalue weighted by Gasteiger charge is 2.20. The molecule has 0 aliphatic carbocycles. The van der Waals surface area contributed by atoms with Crippen molar-refractivity contribution in [1.82, 2.24) is 0 Å². The maximum Gasteiger partial charge on any atom is 0.307 e. The molecule has 0 saturated carbocycles. The highest BCUT2D eigenvalue weighted by atomic mass is 16.8. The van der Waals surface area contributed by atoms with Gasteiger partial charge in [-0.05, 0) is 24.3 Å². The summed E-state index contributed by atoms with van der Waals surface area (Å²) in [6.45, 7) is 0.101. The zero-order valence-corrected chi connectivity index (χ0v) is 14.5. The number of methoxy groups -OCH3 is 1. The van der Waals surface area contributed by atoms with E-state index in [4.69, 9.17) is 0 Å². The molecule has 0 fully saturated rings. The Hall–Kier alpha value is -2.94. The number of anilines is 2. The molecule has 0 atom stereocenters. The first-order valence-corrected chi connectivity index (χ1v) is 7.94. The van der Waals surface area contributed by atoms with Gasteiger partial charge in [0.15, 0.2) is 5.69 Å². The van der Waals surface area contributed by atoms with Crippen LogP contribution >= 0.6 is 0 Å². The number of rotatable bonds is 7.